The molecule has 74 valence electrons. The highest BCUT2D eigenvalue weighted by Crippen LogP contribution is 2.56. The van der Waals surface area contributed by atoms with Crippen molar-refractivity contribution >= 4 is 0 Å². The summed E-state index contributed by atoms with van der Waals surface area (Å²) < 4.78 is 11.2. The summed E-state index contributed by atoms with van der Waals surface area (Å²) in [6.07, 6.45) is -1.14. The minimum Gasteiger partial charge on any atom is -0.390 e. The normalized spacial score (nSPS) is 69.2. The van der Waals surface area contributed by atoms with Gasteiger partial charge in [0.1, 0.15) is 23.9 Å². The molecule has 3 aliphatic rings. The van der Waals surface area contributed by atoms with Crippen LogP contribution in [0.2, 0.25) is 0 Å². The number of rotatable bonds is 0. The van der Waals surface area contributed by atoms with E-state index in [1.54, 1.807) is 0 Å². The lowest BCUT2D eigenvalue weighted by Gasteiger charge is -2.52. The topological polar surface area (TPSA) is 58.9 Å². The third-order valence-electron chi connectivity index (χ3n) is 3.75. The van der Waals surface area contributed by atoms with Gasteiger partial charge in [0.25, 0.3) is 0 Å². The van der Waals surface area contributed by atoms with Gasteiger partial charge >= 0.3 is 0 Å². The third-order valence-corrected chi connectivity index (χ3v) is 3.75. The Labute approximate surface area is 76.5 Å². The minimum absolute atomic E-state index is 0.247. The molecule has 3 rings (SSSR count). The maximum atomic E-state index is 9.89. The largest absolute Gasteiger partial charge is 0.390 e. The second kappa shape index (κ2) is 1.93. The monoisotopic (exact) mass is 186 g/mol. The molecule has 4 nitrogen and oxygen atoms in total. The molecular formula is C9H14O4. The minimum atomic E-state index is -0.619. The van der Waals surface area contributed by atoms with Gasteiger partial charge in [0, 0.05) is 6.42 Å². The summed E-state index contributed by atoms with van der Waals surface area (Å²) >= 11 is 0. The first-order valence-corrected chi connectivity index (χ1v) is 4.69. The van der Waals surface area contributed by atoms with Gasteiger partial charge < -0.3 is 19.7 Å². The van der Waals surface area contributed by atoms with Crippen LogP contribution in [0.3, 0.4) is 0 Å². The lowest BCUT2D eigenvalue weighted by atomic mass is 9.83. The van der Waals surface area contributed by atoms with Crippen molar-refractivity contribution in [2.24, 2.45) is 0 Å². The first kappa shape index (κ1) is 8.17. The molecule has 0 aromatic carbocycles. The molecule has 3 aliphatic heterocycles. The zero-order chi connectivity index (χ0) is 9.43. The first-order chi connectivity index (χ1) is 5.97. The number of ether oxygens (including phenoxy) is 2. The van der Waals surface area contributed by atoms with Crippen molar-refractivity contribution in [2.45, 2.75) is 55.9 Å². The van der Waals surface area contributed by atoms with Gasteiger partial charge in [-0.1, -0.05) is 0 Å². The van der Waals surface area contributed by atoms with Gasteiger partial charge in [-0.3, -0.25) is 0 Å². The van der Waals surface area contributed by atoms with Gasteiger partial charge in [-0.25, -0.2) is 0 Å². The predicted octanol–water partition coefficient (Wildman–Crippen LogP) is -0.573. The Morgan fingerprint density at radius 2 is 1.92 bits per heavy atom. The van der Waals surface area contributed by atoms with Crippen LogP contribution in [0.25, 0.3) is 0 Å². The van der Waals surface area contributed by atoms with E-state index in [1.807, 2.05) is 13.8 Å². The lowest BCUT2D eigenvalue weighted by Crippen LogP contribution is -2.68. The number of hydrogen-bond donors (Lipinski definition) is 2. The molecule has 0 aromatic heterocycles. The van der Waals surface area contributed by atoms with Gasteiger partial charge in [-0.15, -0.1) is 0 Å². The molecule has 4 heteroatoms. The Bertz CT molecular complexity index is 260. The molecule has 3 saturated heterocycles. The highest BCUT2D eigenvalue weighted by atomic mass is 16.7. The average Bonchev–Trinajstić information content (AvgIpc) is 2.11. The van der Waals surface area contributed by atoms with Gasteiger partial charge in [0.05, 0.1) is 11.7 Å². The number of hydrogen-bond acceptors (Lipinski definition) is 4. The fourth-order valence-corrected chi connectivity index (χ4v) is 3.06. The maximum Gasteiger partial charge on any atom is 0.124 e. The number of aliphatic hydroxyl groups excluding tert-OH is 2. The molecule has 6 unspecified atom stereocenters. The molecule has 0 spiro atoms. The average molecular weight is 186 g/mol. The van der Waals surface area contributed by atoms with Gasteiger partial charge in [0.2, 0.25) is 0 Å². The Morgan fingerprint density at radius 1 is 1.23 bits per heavy atom. The van der Waals surface area contributed by atoms with Gasteiger partial charge in [0.15, 0.2) is 0 Å². The summed E-state index contributed by atoms with van der Waals surface area (Å²) in [5, 5.41) is 19.6. The van der Waals surface area contributed by atoms with Crippen LogP contribution < -0.4 is 0 Å². The van der Waals surface area contributed by atoms with E-state index in [9.17, 15) is 10.2 Å². The van der Waals surface area contributed by atoms with Crippen LogP contribution >= 0.6 is 0 Å². The van der Waals surface area contributed by atoms with Crippen molar-refractivity contribution in [1.29, 1.82) is 0 Å². The van der Waals surface area contributed by atoms with E-state index in [-0.39, 0.29) is 12.2 Å². The van der Waals surface area contributed by atoms with E-state index in [1.165, 1.54) is 0 Å². The Kier molecular flexibility index (Phi) is 1.21. The molecule has 0 saturated carbocycles. The summed E-state index contributed by atoms with van der Waals surface area (Å²) in [6.45, 7) is 3.74. The Morgan fingerprint density at radius 3 is 2.62 bits per heavy atom. The lowest BCUT2D eigenvalue weighted by molar-refractivity contribution is -0.324. The quantitative estimate of drug-likeness (QED) is 0.531. The standard InChI is InChI=1S/C9H14O4/c1-8-3-4(10)6-9(2,13-8)7(12-6)5(8)11/h4-7,10-11H,3H2,1-2H3. The molecule has 6 atom stereocenters. The second-order valence-corrected chi connectivity index (χ2v) is 4.79. The van der Waals surface area contributed by atoms with Crippen molar-refractivity contribution < 1.29 is 19.7 Å². The Hall–Kier alpha value is -0.160. The second-order valence-electron chi connectivity index (χ2n) is 4.79. The van der Waals surface area contributed by atoms with Gasteiger partial charge in [-0.05, 0) is 13.8 Å². The SMILES string of the molecule is CC12CC(O)C3OC(C1O)C3(C)O2. The van der Waals surface area contributed by atoms with Crippen molar-refractivity contribution in [3.8, 4) is 0 Å². The molecule has 2 bridgehead atoms. The van der Waals surface area contributed by atoms with Crippen LogP contribution in [0, 0.1) is 0 Å². The van der Waals surface area contributed by atoms with Crippen LogP contribution in [-0.2, 0) is 9.47 Å². The van der Waals surface area contributed by atoms with Crippen molar-refractivity contribution in [2.75, 3.05) is 0 Å². The molecule has 0 aromatic rings. The highest BCUT2D eigenvalue weighted by Gasteiger charge is 2.74. The number of fused-ring (bicyclic) bond motifs is 1. The molecule has 0 radical (unpaired) electrons. The van der Waals surface area contributed by atoms with Crippen LogP contribution in [0.4, 0.5) is 0 Å². The molecule has 3 heterocycles. The molecule has 0 aliphatic carbocycles. The smallest absolute Gasteiger partial charge is 0.124 e. The van der Waals surface area contributed by atoms with Crippen LogP contribution in [0.1, 0.15) is 20.3 Å². The van der Waals surface area contributed by atoms with E-state index < -0.39 is 23.4 Å². The first-order valence-electron chi connectivity index (χ1n) is 4.69. The summed E-state index contributed by atoms with van der Waals surface area (Å²) in [5.74, 6) is 0. The third kappa shape index (κ3) is 0.687. The summed E-state index contributed by atoms with van der Waals surface area (Å²) in [6, 6.07) is 0. The van der Waals surface area contributed by atoms with Crippen molar-refractivity contribution in [3.05, 3.63) is 0 Å². The van der Waals surface area contributed by atoms with Crippen molar-refractivity contribution in [3.63, 3.8) is 0 Å². The molecule has 13 heavy (non-hydrogen) atoms. The Balaban J connectivity index is 2.06. The molecule has 3 fully saturated rings. The van der Waals surface area contributed by atoms with E-state index in [2.05, 4.69) is 0 Å². The number of aliphatic hydroxyl groups is 2. The van der Waals surface area contributed by atoms with Gasteiger partial charge in [-0.2, -0.15) is 0 Å². The van der Waals surface area contributed by atoms with E-state index in [0.29, 0.717) is 6.42 Å². The van der Waals surface area contributed by atoms with Crippen LogP contribution in [0.15, 0.2) is 0 Å². The van der Waals surface area contributed by atoms with Crippen molar-refractivity contribution in [1.82, 2.24) is 0 Å². The summed E-state index contributed by atoms with van der Waals surface area (Å²) in [5.41, 5.74) is -1.09. The molecule has 0 amide bonds. The highest BCUT2D eigenvalue weighted by molar-refractivity contribution is 5.22. The fourth-order valence-electron chi connectivity index (χ4n) is 3.06. The van der Waals surface area contributed by atoms with E-state index in [0.717, 1.165) is 0 Å². The van der Waals surface area contributed by atoms with Crippen LogP contribution in [0.5, 0.6) is 0 Å². The maximum absolute atomic E-state index is 9.89. The van der Waals surface area contributed by atoms with E-state index in [4.69, 9.17) is 9.47 Å². The summed E-state index contributed by atoms with van der Waals surface area (Å²) in [4.78, 5) is 0. The summed E-state index contributed by atoms with van der Waals surface area (Å²) in [7, 11) is 0. The molecule has 2 N–H and O–H groups in total. The zero-order valence-electron chi connectivity index (χ0n) is 7.73. The fraction of sp³-hybridized carbons (Fsp3) is 1.00. The van der Waals surface area contributed by atoms with Crippen LogP contribution in [-0.4, -0.2) is 45.8 Å². The molecular weight excluding hydrogens is 172 g/mol. The van der Waals surface area contributed by atoms with E-state index >= 15 is 0 Å². The predicted molar refractivity (Wildman–Crippen MR) is 43.2 cm³/mol. The zero-order valence-corrected chi connectivity index (χ0v) is 7.73.